The lowest BCUT2D eigenvalue weighted by Crippen LogP contribution is -2.29. The van der Waals surface area contributed by atoms with Crippen molar-refractivity contribution in [1.29, 1.82) is 0 Å². The summed E-state index contributed by atoms with van der Waals surface area (Å²) in [4.78, 5) is 0. The standard InChI is InChI=1S/C11H14FNO/c1-8-2-3-9(12)6-10(8)14-7-11(13)4-5-11/h2-3,6H,4-5,7,13H2,1H3. The normalized spacial score (nSPS) is 17.9. The van der Waals surface area contributed by atoms with Crippen LogP contribution in [0, 0.1) is 12.7 Å². The van der Waals surface area contributed by atoms with Gasteiger partial charge in [0.05, 0.1) is 5.54 Å². The van der Waals surface area contributed by atoms with Crippen LogP contribution in [0.3, 0.4) is 0 Å². The van der Waals surface area contributed by atoms with E-state index in [0.29, 0.717) is 12.4 Å². The zero-order valence-corrected chi connectivity index (χ0v) is 8.22. The minimum absolute atomic E-state index is 0.154. The summed E-state index contributed by atoms with van der Waals surface area (Å²) in [6, 6.07) is 4.54. The van der Waals surface area contributed by atoms with Crippen molar-refractivity contribution in [1.82, 2.24) is 0 Å². The molecule has 1 aromatic carbocycles. The van der Waals surface area contributed by atoms with Gasteiger partial charge in [-0.15, -0.1) is 0 Å². The van der Waals surface area contributed by atoms with Crippen LogP contribution >= 0.6 is 0 Å². The molecule has 1 fully saturated rings. The van der Waals surface area contributed by atoms with Crippen LogP contribution in [0.5, 0.6) is 5.75 Å². The quantitative estimate of drug-likeness (QED) is 0.800. The van der Waals surface area contributed by atoms with Gasteiger partial charge in [0, 0.05) is 6.07 Å². The third kappa shape index (κ3) is 2.04. The van der Waals surface area contributed by atoms with Crippen LogP contribution < -0.4 is 10.5 Å². The topological polar surface area (TPSA) is 35.2 Å². The van der Waals surface area contributed by atoms with Gasteiger partial charge in [0.25, 0.3) is 0 Å². The molecule has 1 aliphatic carbocycles. The van der Waals surface area contributed by atoms with Crippen LogP contribution in [0.15, 0.2) is 18.2 Å². The number of rotatable bonds is 3. The first-order chi connectivity index (χ1) is 6.59. The fourth-order valence-electron chi connectivity index (χ4n) is 1.26. The molecule has 2 N–H and O–H groups in total. The van der Waals surface area contributed by atoms with Crippen LogP contribution in [0.25, 0.3) is 0 Å². The Balaban J connectivity index is 2.04. The molecule has 0 atom stereocenters. The molecular weight excluding hydrogens is 181 g/mol. The van der Waals surface area contributed by atoms with E-state index in [4.69, 9.17) is 10.5 Å². The van der Waals surface area contributed by atoms with Gasteiger partial charge in [0.1, 0.15) is 18.2 Å². The zero-order valence-electron chi connectivity index (χ0n) is 8.22. The largest absolute Gasteiger partial charge is 0.491 e. The molecular formula is C11H14FNO. The van der Waals surface area contributed by atoms with E-state index in [1.165, 1.54) is 12.1 Å². The van der Waals surface area contributed by atoms with E-state index in [9.17, 15) is 4.39 Å². The van der Waals surface area contributed by atoms with Gasteiger partial charge in [0.2, 0.25) is 0 Å². The van der Waals surface area contributed by atoms with Crippen molar-refractivity contribution in [3.63, 3.8) is 0 Å². The van der Waals surface area contributed by atoms with E-state index in [-0.39, 0.29) is 11.4 Å². The van der Waals surface area contributed by atoms with Crippen molar-refractivity contribution in [3.8, 4) is 5.75 Å². The van der Waals surface area contributed by atoms with Crippen molar-refractivity contribution < 1.29 is 9.13 Å². The molecule has 0 saturated heterocycles. The predicted octanol–water partition coefficient (Wildman–Crippen LogP) is 2.00. The molecule has 0 amide bonds. The summed E-state index contributed by atoms with van der Waals surface area (Å²) in [6.07, 6.45) is 2.00. The smallest absolute Gasteiger partial charge is 0.126 e. The number of hydrogen-bond acceptors (Lipinski definition) is 2. The Morgan fingerprint density at radius 3 is 2.86 bits per heavy atom. The molecule has 0 spiro atoms. The first-order valence-electron chi connectivity index (χ1n) is 4.77. The molecule has 0 unspecified atom stereocenters. The lowest BCUT2D eigenvalue weighted by molar-refractivity contribution is 0.276. The molecule has 1 saturated carbocycles. The van der Waals surface area contributed by atoms with Crippen LogP contribution in [0.2, 0.25) is 0 Å². The Labute approximate surface area is 82.9 Å². The Bertz CT molecular complexity index is 347. The number of aryl methyl sites for hydroxylation is 1. The Morgan fingerprint density at radius 2 is 2.21 bits per heavy atom. The van der Waals surface area contributed by atoms with E-state index >= 15 is 0 Å². The van der Waals surface area contributed by atoms with Gasteiger partial charge in [-0.1, -0.05) is 6.07 Å². The summed E-state index contributed by atoms with van der Waals surface area (Å²) in [5.41, 5.74) is 6.65. The van der Waals surface area contributed by atoms with Crippen molar-refractivity contribution in [3.05, 3.63) is 29.6 Å². The second kappa shape index (κ2) is 3.24. The number of nitrogens with two attached hydrogens (primary N) is 1. The first kappa shape index (κ1) is 9.46. The highest BCUT2D eigenvalue weighted by Gasteiger charge is 2.39. The molecule has 14 heavy (non-hydrogen) atoms. The Kier molecular flexibility index (Phi) is 2.19. The lowest BCUT2D eigenvalue weighted by Gasteiger charge is -2.12. The average Bonchev–Trinajstić information content (AvgIpc) is 2.87. The summed E-state index contributed by atoms with van der Waals surface area (Å²) in [5.74, 6) is 0.328. The highest BCUT2D eigenvalue weighted by Crippen LogP contribution is 2.33. The van der Waals surface area contributed by atoms with E-state index in [0.717, 1.165) is 18.4 Å². The van der Waals surface area contributed by atoms with Crippen LogP contribution in [0.4, 0.5) is 4.39 Å². The van der Waals surface area contributed by atoms with E-state index in [1.54, 1.807) is 6.07 Å². The van der Waals surface area contributed by atoms with Gasteiger partial charge >= 0.3 is 0 Å². The Hall–Kier alpha value is -1.09. The number of hydrogen-bond donors (Lipinski definition) is 1. The minimum atomic E-state index is -0.271. The second-order valence-corrected chi connectivity index (χ2v) is 4.06. The second-order valence-electron chi connectivity index (χ2n) is 4.06. The van der Waals surface area contributed by atoms with Crippen LogP contribution in [0.1, 0.15) is 18.4 Å². The van der Waals surface area contributed by atoms with Gasteiger partial charge in [-0.3, -0.25) is 0 Å². The molecule has 3 heteroatoms. The third-order valence-electron chi connectivity index (χ3n) is 2.56. The highest BCUT2D eigenvalue weighted by atomic mass is 19.1. The molecule has 76 valence electrons. The summed E-state index contributed by atoms with van der Waals surface area (Å²) in [6.45, 7) is 2.38. The SMILES string of the molecule is Cc1ccc(F)cc1OCC1(N)CC1. The van der Waals surface area contributed by atoms with E-state index in [2.05, 4.69) is 0 Å². The van der Waals surface area contributed by atoms with Gasteiger partial charge in [0.15, 0.2) is 0 Å². The molecule has 0 bridgehead atoms. The monoisotopic (exact) mass is 195 g/mol. The van der Waals surface area contributed by atoms with Gasteiger partial charge in [-0.05, 0) is 31.4 Å². The fourth-order valence-corrected chi connectivity index (χ4v) is 1.26. The summed E-state index contributed by atoms with van der Waals surface area (Å²) >= 11 is 0. The van der Waals surface area contributed by atoms with Crippen LogP contribution in [-0.4, -0.2) is 12.1 Å². The van der Waals surface area contributed by atoms with Crippen molar-refractivity contribution >= 4 is 0 Å². The van der Waals surface area contributed by atoms with Crippen LogP contribution in [-0.2, 0) is 0 Å². The molecule has 1 aromatic rings. The van der Waals surface area contributed by atoms with Gasteiger partial charge in [-0.2, -0.15) is 0 Å². The van der Waals surface area contributed by atoms with Crippen molar-refractivity contribution in [2.45, 2.75) is 25.3 Å². The maximum atomic E-state index is 12.9. The number of benzene rings is 1. The Morgan fingerprint density at radius 1 is 1.50 bits per heavy atom. The number of halogens is 1. The van der Waals surface area contributed by atoms with Crippen molar-refractivity contribution in [2.75, 3.05) is 6.61 Å². The van der Waals surface area contributed by atoms with Crippen molar-refractivity contribution in [2.24, 2.45) is 5.73 Å². The zero-order chi connectivity index (χ0) is 10.2. The first-order valence-corrected chi connectivity index (χ1v) is 4.77. The molecule has 2 nitrogen and oxygen atoms in total. The lowest BCUT2D eigenvalue weighted by atomic mass is 10.2. The molecule has 0 heterocycles. The van der Waals surface area contributed by atoms with E-state index < -0.39 is 0 Å². The number of ether oxygens (including phenoxy) is 1. The molecule has 0 radical (unpaired) electrons. The maximum Gasteiger partial charge on any atom is 0.126 e. The third-order valence-corrected chi connectivity index (χ3v) is 2.56. The summed E-state index contributed by atoms with van der Waals surface area (Å²) in [5, 5.41) is 0. The maximum absolute atomic E-state index is 12.9. The molecule has 2 rings (SSSR count). The molecule has 0 aliphatic heterocycles. The van der Waals surface area contributed by atoms with Gasteiger partial charge < -0.3 is 10.5 Å². The van der Waals surface area contributed by atoms with E-state index in [1.807, 2.05) is 6.92 Å². The summed E-state index contributed by atoms with van der Waals surface area (Å²) in [7, 11) is 0. The van der Waals surface area contributed by atoms with Gasteiger partial charge in [-0.25, -0.2) is 4.39 Å². The fraction of sp³-hybridized carbons (Fsp3) is 0.455. The highest BCUT2D eigenvalue weighted by molar-refractivity contribution is 5.32. The predicted molar refractivity (Wildman–Crippen MR) is 52.8 cm³/mol. The average molecular weight is 195 g/mol. The molecule has 1 aliphatic rings. The minimum Gasteiger partial charge on any atom is -0.491 e. The molecule has 0 aromatic heterocycles. The summed E-state index contributed by atoms with van der Waals surface area (Å²) < 4.78 is 18.4.